The Morgan fingerprint density at radius 3 is 2.54 bits per heavy atom. The Hall–Kier alpha value is -0.630. The molecule has 0 spiro atoms. The lowest BCUT2D eigenvalue weighted by Crippen LogP contribution is -1.90. The van der Waals surface area contributed by atoms with Crippen LogP contribution in [0.25, 0.3) is 0 Å². The van der Waals surface area contributed by atoms with E-state index in [0.717, 1.165) is 12.4 Å². The van der Waals surface area contributed by atoms with Gasteiger partial charge in [-0.15, -0.1) is 11.8 Å². The minimum absolute atomic E-state index is 0.734. The van der Waals surface area contributed by atoms with Crippen molar-refractivity contribution >= 4 is 11.8 Å². The van der Waals surface area contributed by atoms with Gasteiger partial charge in [0.2, 0.25) is 0 Å². The number of hydrogen-bond donors (Lipinski definition) is 0. The van der Waals surface area contributed by atoms with Gasteiger partial charge in [0.05, 0.1) is 6.61 Å². The zero-order valence-corrected chi connectivity index (χ0v) is 9.65. The van der Waals surface area contributed by atoms with Crippen LogP contribution < -0.4 is 4.74 Å². The van der Waals surface area contributed by atoms with Crippen LogP contribution in [0, 0.1) is 0 Å². The lowest BCUT2D eigenvalue weighted by atomic mass is 10.3. The van der Waals surface area contributed by atoms with Gasteiger partial charge in [0.1, 0.15) is 5.75 Å². The second-order valence-corrected chi connectivity index (χ2v) is 2.99. The van der Waals surface area contributed by atoms with Crippen molar-refractivity contribution in [2.75, 3.05) is 12.9 Å². The summed E-state index contributed by atoms with van der Waals surface area (Å²) >= 11 is 1.73. The Balaban J connectivity index is 0.000000671. The molecule has 0 aromatic heterocycles. The number of benzene rings is 1. The molecule has 0 radical (unpaired) electrons. The molecule has 1 aromatic carbocycles. The van der Waals surface area contributed by atoms with Crippen molar-refractivity contribution in [1.82, 2.24) is 0 Å². The van der Waals surface area contributed by atoms with Gasteiger partial charge in [-0.3, -0.25) is 0 Å². The second kappa shape index (κ2) is 7.99. The summed E-state index contributed by atoms with van der Waals surface area (Å²) < 4.78 is 5.34. The van der Waals surface area contributed by atoms with E-state index in [0.29, 0.717) is 0 Å². The van der Waals surface area contributed by atoms with Crippen LogP contribution in [-0.2, 0) is 0 Å². The van der Waals surface area contributed by atoms with Gasteiger partial charge in [0.25, 0.3) is 0 Å². The van der Waals surface area contributed by atoms with E-state index in [1.165, 1.54) is 4.90 Å². The molecule has 0 aliphatic heterocycles. The fourth-order valence-electron chi connectivity index (χ4n) is 0.858. The fraction of sp³-hybridized carbons (Fsp3) is 0.455. The largest absolute Gasteiger partial charge is 0.494 e. The molecule has 2 heteroatoms. The molecule has 0 aliphatic carbocycles. The van der Waals surface area contributed by atoms with Gasteiger partial charge < -0.3 is 4.74 Å². The molecule has 74 valence electrons. The molecule has 0 aliphatic rings. The van der Waals surface area contributed by atoms with Crippen LogP contribution in [0.1, 0.15) is 20.8 Å². The van der Waals surface area contributed by atoms with Gasteiger partial charge in [-0.05, 0) is 31.4 Å². The van der Waals surface area contributed by atoms with Gasteiger partial charge in [-0.25, -0.2) is 0 Å². The number of ether oxygens (including phenoxy) is 1. The summed E-state index contributed by atoms with van der Waals surface area (Å²) in [4.78, 5) is 1.25. The van der Waals surface area contributed by atoms with E-state index in [-0.39, 0.29) is 0 Å². The first-order valence-corrected chi connectivity index (χ1v) is 5.86. The molecule has 0 heterocycles. The second-order valence-electron chi connectivity index (χ2n) is 2.11. The predicted octanol–water partition coefficient (Wildman–Crippen LogP) is 3.83. The lowest BCUT2D eigenvalue weighted by Gasteiger charge is -2.03. The van der Waals surface area contributed by atoms with Crippen molar-refractivity contribution < 1.29 is 4.74 Å². The van der Waals surface area contributed by atoms with Crippen molar-refractivity contribution in [3.8, 4) is 5.75 Å². The summed E-state index contributed by atoms with van der Waals surface area (Å²) in [6.07, 6.45) is 2.06. The van der Waals surface area contributed by atoms with E-state index in [9.17, 15) is 0 Å². The van der Waals surface area contributed by atoms with E-state index in [4.69, 9.17) is 4.74 Å². The summed E-state index contributed by atoms with van der Waals surface area (Å²) in [7, 11) is 0. The maximum atomic E-state index is 5.34. The first-order valence-electron chi connectivity index (χ1n) is 4.63. The molecule has 0 bridgehead atoms. The lowest BCUT2D eigenvalue weighted by molar-refractivity contribution is 0.339. The van der Waals surface area contributed by atoms with Crippen molar-refractivity contribution in [3.63, 3.8) is 0 Å². The zero-order valence-electron chi connectivity index (χ0n) is 8.83. The van der Waals surface area contributed by atoms with Crippen LogP contribution in [-0.4, -0.2) is 12.9 Å². The molecule has 0 atom stereocenters. The number of thioether (sulfide) groups is 1. The molecule has 0 fully saturated rings. The van der Waals surface area contributed by atoms with Crippen LogP contribution in [0.15, 0.2) is 29.2 Å². The normalized spacial score (nSPS) is 8.62. The van der Waals surface area contributed by atoms with E-state index in [1.54, 1.807) is 11.8 Å². The topological polar surface area (TPSA) is 9.23 Å². The molecule has 0 saturated carbocycles. The highest BCUT2D eigenvalue weighted by Gasteiger charge is 1.92. The smallest absolute Gasteiger partial charge is 0.120 e. The van der Waals surface area contributed by atoms with Crippen LogP contribution >= 0.6 is 11.8 Å². The third-order valence-electron chi connectivity index (χ3n) is 1.35. The summed E-state index contributed by atoms with van der Waals surface area (Å²) in [5.74, 6) is 0.958. The van der Waals surface area contributed by atoms with Crippen molar-refractivity contribution in [2.24, 2.45) is 0 Å². The average molecular weight is 198 g/mol. The SMILES string of the molecule is CC.CCOc1cccc(SC)c1. The van der Waals surface area contributed by atoms with Crippen LogP contribution in [0.5, 0.6) is 5.75 Å². The Bertz CT molecular complexity index is 223. The first-order chi connectivity index (χ1) is 6.36. The Morgan fingerprint density at radius 2 is 2.00 bits per heavy atom. The van der Waals surface area contributed by atoms with Crippen molar-refractivity contribution in [1.29, 1.82) is 0 Å². The Labute approximate surface area is 85.5 Å². The molecule has 1 aromatic rings. The molecule has 1 nitrogen and oxygen atoms in total. The minimum Gasteiger partial charge on any atom is -0.494 e. The van der Waals surface area contributed by atoms with Crippen LogP contribution in [0.4, 0.5) is 0 Å². The molecular weight excluding hydrogens is 180 g/mol. The van der Waals surface area contributed by atoms with E-state index in [1.807, 2.05) is 39.0 Å². The molecular formula is C11H18OS. The fourth-order valence-corrected chi connectivity index (χ4v) is 1.31. The van der Waals surface area contributed by atoms with Crippen molar-refractivity contribution in [2.45, 2.75) is 25.7 Å². The molecule has 0 unspecified atom stereocenters. The third kappa shape index (κ3) is 4.83. The molecule has 0 amide bonds. The standard InChI is InChI=1S/C9H12OS.C2H6/c1-3-10-8-5-4-6-9(7-8)11-2;1-2/h4-7H,3H2,1-2H3;1-2H3. The Morgan fingerprint density at radius 1 is 1.31 bits per heavy atom. The molecule has 13 heavy (non-hydrogen) atoms. The summed E-state index contributed by atoms with van der Waals surface area (Å²) in [5, 5.41) is 0. The van der Waals surface area contributed by atoms with Crippen molar-refractivity contribution in [3.05, 3.63) is 24.3 Å². The van der Waals surface area contributed by atoms with E-state index < -0.39 is 0 Å². The molecule has 0 saturated heterocycles. The van der Waals surface area contributed by atoms with Gasteiger partial charge in [-0.1, -0.05) is 19.9 Å². The Kier molecular flexibility index (Phi) is 7.60. The van der Waals surface area contributed by atoms with Crippen LogP contribution in [0.2, 0.25) is 0 Å². The highest BCUT2D eigenvalue weighted by molar-refractivity contribution is 7.98. The maximum absolute atomic E-state index is 5.34. The van der Waals surface area contributed by atoms with Gasteiger partial charge in [0, 0.05) is 4.90 Å². The first kappa shape index (κ1) is 12.4. The third-order valence-corrected chi connectivity index (χ3v) is 2.08. The quantitative estimate of drug-likeness (QED) is 0.683. The monoisotopic (exact) mass is 198 g/mol. The maximum Gasteiger partial charge on any atom is 0.120 e. The van der Waals surface area contributed by atoms with E-state index in [2.05, 4.69) is 12.3 Å². The predicted molar refractivity (Wildman–Crippen MR) is 60.7 cm³/mol. The highest BCUT2D eigenvalue weighted by atomic mass is 32.2. The average Bonchev–Trinajstić information content (AvgIpc) is 2.22. The minimum atomic E-state index is 0.734. The zero-order chi connectivity index (χ0) is 10.1. The van der Waals surface area contributed by atoms with Crippen LogP contribution in [0.3, 0.4) is 0 Å². The number of rotatable bonds is 3. The van der Waals surface area contributed by atoms with Gasteiger partial charge >= 0.3 is 0 Å². The van der Waals surface area contributed by atoms with Gasteiger partial charge in [0.15, 0.2) is 0 Å². The number of hydrogen-bond acceptors (Lipinski definition) is 2. The highest BCUT2D eigenvalue weighted by Crippen LogP contribution is 2.20. The molecule has 0 N–H and O–H groups in total. The van der Waals surface area contributed by atoms with Gasteiger partial charge in [-0.2, -0.15) is 0 Å². The molecule has 1 rings (SSSR count). The summed E-state index contributed by atoms with van der Waals surface area (Å²) in [5.41, 5.74) is 0. The summed E-state index contributed by atoms with van der Waals surface area (Å²) in [6.45, 7) is 6.73. The van der Waals surface area contributed by atoms with E-state index >= 15 is 0 Å². The summed E-state index contributed by atoms with van der Waals surface area (Å²) in [6, 6.07) is 8.11.